The summed E-state index contributed by atoms with van der Waals surface area (Å²) in [6, 6.07) is 0. The maximum atomic E-state index is 12.9. The van der Waals surface area contributed by atoms with Gasteiger partial charge in [-0.15, -0.1) is 0 Å². The first kappa shape index (κ1) is 28.2. The molecular formula is C29H52O4. The molecule has 0 aromatic carbocycles. The fraction of sp³-hybridized carbons (Fsp3) is 0.931. The Bertz CT molecular complexity index is 486. The molecule has 2 bridgehead atoms. The molecule has 4 heteroatoms. The van der Waals surface area contributed by atoms with Crippen molar-refractivity contribution in [3.05, 3.63) is 0 Å². The molecule has 0 aliphatic heterocycles. The van der Waals surface area contributed by atoms with Crippen molar-refractivity contribution in [2.75, 3.05) is 13.2 Å². The van der Waals surface area contributed by atoms with Gasteiger partial charge in [-0.2, -0.15) is 0 Å². The summed E-state index contributed by atoms with van der Waals surface area (Å²) in [5, 5.41) is 0. The van der Waals surface area contributed by atoms with Crippen molar-refractivity contribution in [2.45, 2.75) is 136 Å². The second-order valence-corrected chi connectivity index (χ2v) is 10.7. The van der Waals surface area contributed by atoms with E-state index < -0.39 is 0 Å². The van der Waals surface area contributed by atoms with Crippen LogP contribution in [-0.4, -0.2) is 25.2 Å². The van der Waals surface area contributed by atoms with Crippen LogP contribution in [0.1, 0.15) is 136 Å². The van der Waals surface area contributed by atoms with E-state index in [2.05, 4.69) is 13.8 Å². The lowest BCUT2D eigenvalue weighted by Crippen LogP contribution is -2.37. The number of carbonyl (C=O) groups is 2. The molecule has 0 heterocycles. The fourth-order valence-electron chi connectivity index (χ4n) is 5.98. The number of fused-ring (bicyclic) bond motifs is 2. The van der Waals surface area contributed by atoms with E-state index in [-0.39, 0.29) is 23.8 Å². The summed E-state index contributed by atoms with van der Waals surface area (Å²) >= 11 is 0. The molecule has 2 fully saturated rings. The molecule has 4 atom stereocenters. The molecular weight excluding hydrogens is 412 g/mol. The van der Waals surface area contributed by atoms with E-state index >= 15 is 0 Å². The molecule has 0 aromatic heterocycles. The SMILES string of the molecule is CCCCCCCCCCOC(=O)C1C2CCC(C2)C1C(=O)OCCCCCCCCCC. The number of hydrogen-bond donors (Lipinski definition) is 0. The van der Waals surface area contributed by atoms with Crippen LogP contribution in [0.25, 0.3) is 0 Å². The molecule has 2 aliphatic rings. The predicted molar refractivity (Wildman–Crippen MR) is 135 cm³/mol. The highest BCUT2D eigenvalue weighted by Gasteiger charge is 2.55. The van der Waals surface area contributed by atoms with Gasteiger partial charge >= 0.3 is 11.9 Å². The second-order valence-electron chi connectivity index (χ2n) is 10.7. The Labute approximate surface area is 203 Å². The lowest BCUT2D eigenvalue weighted by atomic mass is 9.79. The number of ether oxygens (including phenoxy) is 2. The normalized spacial score (nSPS) is 23.7. The summed E-state index contributed by atoms with van der Waals surface area (Å²) in [6.45, 7) is 5.49. The second kappa shape index (κ2) is 17.4. The zero-order valence-corrected chi connectivity index (χ0v) is 21.8. The van der Waals surface area contributed by atoms with E-state index in [1.54, 1.807) is 0 Å². The van der Waals surface area contributed by atoms with Gasteiger partial charge in [0.1, 0.15) is 0 Å². The summed E-state index contributed by atoms with van der Waals surface area (Å²) < 4.78 is 11.3. The van der Waals surface area contributed by atoms with Gasteiger partial charge in [0, 0.05) is 0 Å². The van der Waals surface area contributed by atoms with Gasteiger partial charge in [0.25, 0.3) is 0 Å². The minimum absolute atomic E-state index is 0.140. The molecule has 4 unspecified atom stereocenters. The van der Waals surface area contributed by atoms with Gasteiger partial charge in [0.05, 0.1) is 25.0 Å². The Morgan fingerprint density at radius 3 is 1.24 bits per heavy atom. The maximum Gasteiger partial charge on any atom is 0.310 e. The molecule has 192 valence electrons. The van der Waals surface area contributed by atoms with Crippen molar-refractivity contribution in [3.8, 4) is 0 Å². The molecule has 0 amide bonds. The van der Waals surface area contributed by atoms with Crippen LogP contribution in [-0.2, 0) is 19.1 Å². The molecule has 2 aliphatic carbocycles. The molecule has 2 saturated carbocycles. The third kappa shape index (κ3) is 10.4. The van der Waals surface area contributed by atoms with E-state index in [0.29, 0.717) is 25.0 Å². The van der Waals surface area contributed by atoms with Crippen LogP contribution in [0, 0.1) is 23.7 Å². The maximum absolute atomic E-state index is 12.9. The Morgan fingerprint density at radius 1 is 0.545 bits per heavy atom. The third-order valence-electron chi connectivity index (χ3n) is 7.95. The summed E-state index contributed by atoms with van der Waals surface area (Å²) in [5.74, 6) is -0.158. The van der Waals surface area contributed by atoms with Crippen LogP contribution in [0.5, 0.6) is 0 Å². The molecule has 4 nitrogen and oxygen atoms in total. The summed E-state index contributed by atoms with van der Waals surface area (Å²) in [4.78, 5) is 25.7. The van der Waals surface area contributed by atoms with Crippen molar-refractivity contribution in [1.82, 2.24) is 0 Å². The molecule has 2 rings (SSSR count). The highest BCUT2D eigenvalue weighted by molar-refractivity contribution is 5.83. The minimum Gasteiger partial charge on any atom is -0.465 e. The molecule has 0 spiro atoms. The Morgan fingerprint density at radius 2 is 0.879 bits per heavy atom. The van der Waals surface area contributed by atoms with E-state index in [9.17, 15) is 9.59 Å². The summed E-state index contributed by atoms with van der Waals surface area (Å²) in [5.41, 5.74) is 0. The van der Waals surface area contributed by atoms with Crippen LogP contribution in [0.4, 0.5) is 0 Å². The Hall–Kier alpha value is -1.06. The van der Waals surface area contributed by atoms with Crippen LogP contribution < -0.4 is 0 Å². The number of unbranched alkanes of at least 4 members (excludes halogenated alkanes) is 14. The largest absolute Gasteiger partial charge is 0.465 e. The fourth-order valence-corrected chi connectivity index (χ4v) is 5.98. The monoisotopic (exact) mass is 464 g/mol. The third-order valence-corrected chi connectivity index (χ3v) is 7.95. The number of hydrogen-bond acceptors (Lipinski definition) is 4. The lowest BCUT2D eigenvalue weighted by Gasteiger charge is -2.27. The average molecular weight is 465 g/mol. The standard InChI is InChI=1S/C29H52O4/c1-3-5-7-9-11-13-15-17-21-32-28(30)26-24-19-20-25(23-24)27(26)29(31)33-22-18-16-14-12-10-8-6-4-2/h24-27H,3-23H2,1-2H3. The first-order valence-electron chi connectivity index (χ1n) is 14.5. The van der Waals surface area contributed by atoms with Gasteiger partial charge in [0.2, 0.25) is 0 Å². The minimum atomic E-state index is -0.260. The van der Waals surface area contributed by atoms with Gasteiger partial charge in [-0.05, 0) is 43.9 Å². The number of carbonyl (C=O) groups excluding carboxylic acids is 2. The highest BCUT2D eigenvalue weighted by atomic mass is 16.5. The van der Waals surface area contributed by atoms with E-state index in [1.807, 2.05) is 0 Å². The summed E-state index contributed by atoms with van der Waals surface area (Å²) in [6.07, 6.45) is 22.8. The highest BCUT2D eigenvalue weighted by Crippen LogP contribution is 2.53. The zero-order valence-electron chi connectivity index (χ0n) is 21.8. The first-order chi connectivity index (χ1) is 16.2. The molecule has 0 aromatic rings. The van der Waals surface area contributed by atoms with E-state index in [4.69, 9.17) is 9.47 Å². The Balaban J connectivity index is 1.59. The number of esters is 2. The van der Waals surface area contributed by atoms with Crippen molar-refractivity contribution in [3.63, 3.8) is 0 Å². The van der Waals surface area contributed by atoms with Crippen molar-refractivity contribution in [2.24, 2.45) is 23.7 Å². The smallest absolute Gasteiger partial charge is 0.310 e. The first-order valence-corrected chi connectivity index (χ1v) is 14.5. The molecule has 0 radical (unpaired) electrons. The topological polar surface area (TPSA) is 52.6 Å². The van der Waals surface area contributed by atoms with Crippen LogP contribution >= 0.6 is 0 Å². The molecule has 0 saturated heterocycles. The summed E-state index contributed by atoms with van der Waals surface area (Å²) in [7, 11) is 0. The van der Waals surface area contributed by atoms with Gasteiger partial charge in [0.15, 0.2) is 0 Å². The van der Waals surface area contributed by atoms with Gasteiger partial charge in [-0.1, -0.05) is 104 Å². The van der Waals surface area contributed by atoms with Crippen LogP contribution in [0.15, 0.2) is 0 Å². The molecule has 33 heavy (non-hydrogen) atoms. The quantitative estimate of drug-likeness (QED) is 0.135. The van der Waals surface area contributed by atoms with E-state index in [1.165, 1.54) is 77.0 Å². The van der Waals surface area contributed by atoms with Crippen molar-refractivity contribution in [1.29, 1.82) is 0 Å². The van der Waals surface area contributed by atoms with Gasteiger partial charge in [-0.3, -0.25) is 9.59 Å². The van der Waals surface area contributed by atoms with Crippen LogP contribution in [0.3, 0.4) is 0 Å². The predicted octanol–water partition coefficient (Wildman–Crippen LogP) is 8.02. The van der Waals surface area contributed by atoms with E-state index in [0.717, 1.165) is 44.9 Å². The van der Waals surface area contributed by atoms with Gasteiger partial charge in [-0.25, -0.2) is 0 Å². The van der Waals surface area contributed by atoms with Crippen LogP contribution in [0.2, 0.25) is 0 Å². The average Bonchev–Trinajstić information content (AvgIpc) is 3.43. The zero-order chi connectivity index (χ0) is 23.7. The Kier molecular flexibility index (Phi) is 14.8. The van der Waals surface area contributed by atoms with Crippen molar-refractivity contribution >= 4 is 11.9 Å². The van der Waals surface area contributed by atoms with Gasteiger partial charge < -0.3 is 9.47 Å². The van der Waals surface area contributed by atoms with Crippen molar-refractivity contribution < 1.29 is 19.1 Å². The molecule has 0 N–H and O–H groups in total. The lowest BCUT2D eigenvalue weighted by molar-refractivity contribution is -0.163. The number of rotatable bonds is 20.